The topological polar surface area (TPSA) is 45.2 Å². The maximum absolute atomic E-state index is 9.97. The van der Waals surface area contributed by atoms with Crippen LogP contribution in [0.3, 0.4) is 0 Å². The van der Waals surface area contributed by atoms with Crippen molar-refractivity contribution >= 4 is 33.3 Å². The molecule has 0 aliphatic carbocycles. The highest BCUT2D eigenvalue weighted by Gasteiger charge is 2.11. The standard InChI is InChI=1S/C18H14N2OS/c1-3-4-5-17-20-18-15(10-14(21)11-16(18)22-17)12-6-8-13(19-2)9-7-12/h1,4-11,19,21H,2H3/i2-1. The van der Waals surface area contributed by atoms with Crippen molar-refractivity contribution in [2.75, 3.05) is 12.4 Å². The Balaban J connectivity index is 2.16. The second-order valence-corrected chi connectivity index (χ2v) is 5.78. The van der Waals surface area contributed by atoms with E-state index in [0.29, 0.717) is 0 Å². The van der Waals surface area contributed by atoms with Crippen LogP contribution in [0.4, 0.5) is 5.69 Å². The molecule has 0 aliphatic heterocycles. The largest absolute Gasteiger partial charge is 0.508 e. The molecule has 0 fully saturated rings. The molecule has 0 unspecified atom stereocenters. The number of anilines is 1. The molecule has 0 saturated carbocycles. The van der Waals surface area contributed by atoms with Crippen LogP contribution in [0.2, 0.25) is 0 Å². The first-order valence-electron chi connectivity index (χ1n) is 6.75. The Kier molecular flexibility index (Phi) is 3.82. The first-order chi connectivity index (χ1) is 10.7. The predicted molar refractivity (Wildman–Crippen MR) is 94.1 cm³/mol. The van der Waals surface area contributed by atoms with Crippen LogP contribution in [0.25, 0.3) is 27.4 Å². The Morgan fingerprint density at radius 1 is 1.27 bits per heavy atom. The number of hydrogen-bond acceptors (Lipinski definition) is 4. The van der Waals surface area contributed by atoms with Gasteiger partial charge in [-0.05, 0) is 42.0 Å². The molecule has 3 nitrogen and oxygen atoms in total. The molecule has 0 saturated heterocycles. The fraction of sp³-hybridized carbons (Fsp3) is 0.0556. The van der Waals surface area contributed by atoms with Gasteiger partial charge in [0, 0.05) is 18.3 Å². The summed E-state index contributed by atoms with van der Waals surface area (Å²) >= 11 is 1.50. The van der Waals surface area contributed by atoms with Crippen LogP contribution in [-0.4, -0.2) is 17.1 Å². The second-order valence-electron chi connectivity index (χ2n) is 4.72. The van der Waals surface area contributed by atoms with E-state index in [9.17, 15) is 5.11 Å². The van der Waals surface area contributed by atoms with Crippen molar-refractivity contribution in [1.82, 2.24) is 4.98 Å². The second kappa shape index (κ2) is 5.92. The number of aromatic hydroxyl groups is 1. The molecular formula is C18H14N2OS. The van der Waals surface area contributed by atoms with Gasteiger partial charge < -0.3 is 10.4 Å². The minimum absolute atomic E-state index is 0.233. The van der Waals surface area contributed by atoms with Gasteiger partial charge >= 0.3 is 0 Å². The molecule has 4 heteroatoms. The van der Waals surface area contributed by atoms with Crippen molar-refractivity contribution in [1.29, 1.82) is 0 Å². The molecule has 0 atom stereocenters. The highest BCUT2D eigenvalue weighted by molar-refractivity contribution is 7.19. The average molecular weight is 305 g/mol. The summed E-state index contributed by atoms with van der Waals surface area (Å²) in [6, 6.07) is 11.5. The lowest BCUT2D eigenvalue weighted by molar-refractivity contribution is 0.476. The van der Waals surface area contributed by atoms with Crippen LogP contribution in [0.15, 0.2) is 42.5 Å². The average Bonchev–Trinajstić information content (AvgIpc) is 2.95. The molecule has 22 heavy (non-hydrogen) atoms. The van der Waals surface area contributed by atoms with Gasteiger partial charge in [0.2, 0.25) is 0 Å². The third-order valence-electron chi connectivity index (χ3n) is 3.30. The number of aromatic nitrogens is 1. The van der Waals surface area contributed by atoms with Gasteiger partial charge in [0.25, 0.3) is 0 Å². The predicted octanol–water partition coefficient (Wildman–Crippen LogP) is 4.36. The van der Waals surface area contributed by atoms with Crippen molar-refractivity contribution in [3.8, 4) is 29.2 Å². The van der Waals surface area contributed by atoms with Gasteiger partial charge in [0.15, 0.2) is 0 Å². The molecule has 0 spiro atoms. The zero-order chi connectivity index (χ0) is 15.5. The number of rotatable bonds is 3. The fourth-order valence-electron chi connectivity index (χ4n) is 2.26. The van der Waals surface area contributed by atoms with Crippen LogP contribution in [0, 0.1) is 12.3 Å². The minimum Gasteiger partial charge on any atom is -0.508 e. The lowest BCUT2D eigenvalue weighted by atomic mass is 10.0. The van der Waals surface area contributed by atoms with Gasteiger partial charge in [0.1, 0.15) is 10.8 Å². The maximum atomic E-state index is 9.97. The lowest BCUT2D eigenvalue weighted by Crippen LogP contribution is -1.87. The fourth-order valence-corrected chi connectivity index (χ4v) is 3.19. The molecule has 0 aliphatic rings. The van der Waals surface area contributed by atoms with Crippen molar-refractivity contribution in [3.63, 3.8) is 0 Å². The number of phenolic OH excluding ortho intramolecular Hbond substituents is 1. The van der Waals surface area contributed by atoms with E-state index in [1.807, 2.05) is 31.3 Å². The van der Waals surface area contributed by atoms with Gasteiger partial charge in [0.05, 0.1) is 10.2 Å². The Morgan fingerprint density at radius 3 is 2.73 bits per heavy atom. The third kappa shape index (κ3) is 2.67. The summed E-state index contributed by atoms with van der Waals surface area (Å²) in [7, 11) is 1.88. The van der Waals surface area contributed by atoms with E-state index >= 15 is 0 Å². The quantitative estimate of drug-likeness (QED) is 0.707. The molecule has 1 heterocycles. The molecule has 2 aromatic carbocycles. The van der Waals surface area contributed by atoms with E-state index < -0.39 is 0 Å². The van der Waals surface area contributed by atoms with Gasteiger partial charge in [-0.15, -0.1) is 17.8 Å². The smallest absolute Gasteiger partial charge is 0.118 e. The highest BCUT2D eigenvalue weighted by Crippen LogP contribution is 2.36. The molecule has 0 radical (unpaired) electrons. The molecule has 0 amide bonds. The Morgan fingerprint density at radius 2 is 2.05 bits per heavy atom. The lowest BCUT2D eigenvalue weighted by Gasteiger charge is -2.06. The van der Waals surface area contributed by atoms with Gasteiger partial charge in [-0.1, -0.05) is 18.1 Å². The highest BCUT2D eigenvalue weighted by atomic mass is 32.1. The number of phenols is 1. The van der Waals surface area contributed by atoms with Crippen molar-refractivity contribution < 1.29 is 5.11 Å². The normalized spacial score (nSPS) is 10.9. The van der Waals surface area contributed by atoms with Crippen molar-refractivity contribution in [3.05, 3.63) is 47.5 Å². The summed E-state index contributed by atoms with van der Waals surface area (Å²) in [6.07, 6.45) is 8.66. The van der Waals surface area contributed by atoms with Crippen LogP contribution < -0.4 is 5.32 Å². The van der Waals surface area contributed by atoms with E-state index in [2.05, 4.69) is 16.2 Å². The Labute approximate surface area is 133 Å². The van der Waals surface area contributed by atoms with E-state index in [1.165, 1.54) is 11.3 Å². The van der Waals surface area contributed by atoms with Crippen LogP contribution in [-0.2, 0) is 0 Å². The van der Waals surface area contributed by atoms with Gasteiger partial charge in [-0.3, -0.25) is 0 Å². The van der Waals surface area contributed by atoms with E-state index in [1.54, 1.807) is 24.3 Å². The van der Waals surface area contributed by atoms with Gasteiger partial charge in [-0.25, -0.2) is 4.98 Å². The molecular weight excluding hydrogens is 291 g/mol. The van der Waals surface area contributed by atoms with Crippen LogP contribution >= 0.6 is 11.3 Å². The summed E-state index contributed by atoms with van der Waals surface area (Å²) in [5, 5.41) is 13.9. The Hall–Kier alpha value is -2.77. The SMILES string of the molecule is C#CC=Cc1nc2c(-c3ccc(N[11CH3])cc3)cc(O)cc2s1. The number of fused-ring (bicyclic) bond motifs is 1. The van der Waals surface area contributed by atoms with E-state index in [0.717, 1.165) is 32.0 Å². The first kappa shape index (κ1) is 14.2. The summed E-state index contributed by atoms with van der Waals surface area (Å²) < 4.78 is 0.935. The molecule has 2 N–H and O–H groups in total. The summed E-state index contributed by atoms with van der Waals surface area (Å²) in [4.78, 5) is 4.62. The number of hydrogen-bond donors (Lipinski definition) is 2. The van der Waals surface area contributed by atoms with E-state index in [-0.39, 0.29) is 5.75 Å². The van der Waals surface area contributed by atoms with Crippen molar-refractivity contribution in [2.45, 2.75) is 0 Å². The monoisotopic (exact) mass is 305 g/mol. The molecule has 3 aromatic rings. The Bertz CT molecular complexity index is 886. The van der Waals surface area contributed by atoms with E-state index in [4.69, 9.17) is 6.42 Å². The number of nitrogens with zero attached hydrogens (tertiary/aromatic N) is 1. The number of terminal acetylenes is 1. The molecule has 0 bridgehead atoms. The number of benzene rings is 2. The zero-order valence-electron chi connectivity index (χ0n) is 12.0. The van der Waals surface area contributed by atoms with Crippen LogP contribution in [0.5, 0.6) is 5.75 Å². The number of thiazole rings is 1. The summed E-state index contributed by atoms with van der Waals surface area (Å²) in [5.41, 5.74) is 3.83. The summed E-state index contributed by atoms with van der Waals surface area (Å²) in [5.74, 6) is 2.69. The molecule has 1 aromatic heterocycles. The summed E-state index contributed by atoms with van der Waals surface area (Å²) in [6.45, 7) is 0. The van der Waals surface area contributed by atoms with Crippen LogP contribution in [0.1, 0.15) is 5.01 Å². The van der Waals surface area contributed by atoms with Crippen molar-refractivity contribution in [2.24, 2.45) is 0 Å². The molecule has 108 valence electrons. The number of nitrogens with one attached hydrogen (secondary N) is 1. The zero-order valence-corrected chi connectivity index (χ0v) is 12.8. The maximum Gasteiger partial charge on any atom is 0.118 e. The van der Waals surface area contributed by atoms with Gasteiger partial charge in [-0.2, -0.15) is 0 Å². The minimum atomic E-state index is 0.233. The first-order valence-corrected chi connectivity index (χ1v) is 7.57. The third-order valence-corrected chi connectivity index (χ3v) is 4.27. The molecule has 3 rings (SSSR count). The number of allylic oxidation sites excluding steroid dienone is 1.